The second kappa shape index (κ2) is 7.80. The van der Waals surface area contributed by atoms with Crippen molar-refractivity contribution < 1.29 is 5.11 Å². The molecule has 0 saturated carbocycles. The summed E-state index contributed by atoms with van der Waals surface area (Å²) in [6.07, 6.45) is 2.79. The fourth-order valence-corrected chi connectivity index (χ4v) is 3.39. The van der Waals surface area contributed by atoms with Crippen molar-refractivity contribution in [3.63, 3.8) is 0 Å². The van der Waals surface area contributed by atoms with E-state index >= 15 is 0 Å². The predicted molar refractivity (Wildman–Crippen MR) is 88.9 cm³/mol. The van der Waals surface area contributed by atoms with E-state index < -0.39 is 0 Å². The van der Waals surface area contributed by atoms with Gasteiger partial charge in [-0.25, -0.2) is 0 Å². The van der Waals surface area contributed by atoms with Gasteiger partial charge in [-0.2, -0.15) is 0 Å². The van der Waals surface area contributed by atoms with E-state index in [1.807, 2.05) is 19.1 Å². The van der Waals surface area contributed by atoms with Crippen LogP contribution in [0.3, 0.4) is 0 Å². The van der Waals surface area contributed by atoms with E-state index in [-0.39, 0.29) is 12.1 Å². The smallest absolute Gasteiger partial charge is 0.0640 e. The molecule has 118 valence electrons. The van der Waals surface area contributed by atoms with Crippen LogP contribution in [0.2, 0.25) is 10.0 Å². The van der Waals surface area contributed by atoms with Gasteiger partial charge in [0.15, 0.2) is 0 Å². The number of halogens is 2. The molecule has 2 unspecified atom stereocenters. The van der Waals surface area contributed by atoms with Crippen LogP contribution in [0.25, 0.3) is 0 Å². The van der Waals surface area contributed by atoms with E-state index in [1.54, 1.807) is 6.07 Å². The number of hydrogen-bond acceptors (Lipinski definition) is 3. The molecule has 0 spiro atoms. The Balaban J connectivity index is 1.82. The Kier molecular flexibility index (Phi) is 6.33. The fraction of sp³-hybridized carbons (Fsp3) is 0.625. The highest BCUT2D eigenvalue weighted by molar-refractivity contribution is 6.42. The molecule has 2 rings (SSSR count). The molecule has 1 aromatic rings. The lowest BCUT2D eigenvalue weighted by Gasteiger charge is -2.33. The molecule has 1 aliphatic rings. The Labute approximate surface area is 137 Å². The number of aliphatic hydroxyl groups excluding tert-OH is 1. The van der Waals surface area contributed by atoms with Crippen LogP contribution in [0, 0.1) is 5.92 Å². The van der Waals surface area contributed by atoms with Crippen LogP contribution in [0.15, 0.2) is 18.2 Å². The number of aliphatic hydroxyl groups is 1. The summed E-state index contributed by atoms with van der Waals surface area (Å²) in [5.41, 5.74) is 7.17. The van der Waals surface area contributed by atoms with Crippen molar-refractivity contribution in [2.45, 2.75) is 38.3 Å². The maximum atomic E-state index is 9.62. The van der Waals surface area contributed by atoms with Crippen molar-refractivity contribution in [1.29, 1.82) is 0 Å². The third-order valence-corrected chi connectivity index (χ3v) is 5.29. The van der Waals surface area contributed by atoms with Crippen LogP contribution < -0.4 is 5.73 Å². The first-order valence-electron chi connectivity index (χ1n) is 7.59. The quantitative estimate of drug-likeness (QED) is 0.868. The largest absolute Gasteiger partial charge is 0.393 e. The third-order valence-electron chi connectivity index (χ3n) is 4.45. The molecule has 1 aliphatic heterocycles. The first kappa shape index (κ1) is 17.0. The number of nitrogens with two attached hydrogens (primary N) is 1. The van der Waals surface area contributed by atoms with Crippen molar-refractivity contribution >= 4 is 23.2 Å². The van der Waals surface area contributed by atoms with Crippen LogP contribution in [-0.2, 0) is 0 Å². The van der Waals surface area contributed by atoms with Crippen molar-refractivity contribution in [2.75, 3.05) is 19.6 Å². The third kappa shape index (κ3) is 4.57. The van der Waals surface area contributed by atoms with Gasteiger partial charge in [-0.1, -0.05) is 35.3 Å². The summed E-state index contributed by atoms with van der Waals surface area (Å²) in [6, 6.07) is 5.52. The minimum Gasteiger partial charge on any atom is -0.393 e. The molecule has 1 heterocycles. The average Bonchev–Trinajstić information content (AvgIpc) is 2.48. The molecular weight excluding hydrogens is 307 g/mol. The molecule has 1 aromatic carbocycles. The molecule has 0 bridgehead atoms. The zero-order valence-corrected chi connectivity index (χ0v) is 13.9. The van der Waals surface area contributed by atoms with Gasteiger partial charge in [0.1, 0.15) is 0 Å². The molecule has 0 aliphatic carbocycles. The van der Waals surface area contributed by atoms with Crippen molar-refractivity contribution in [2.24, 2.45) is 11.7 Å². The summed E-state index contributed by atoms with van der Waals surface area (Å²) < 4.78 is 0. The van der Waals surface area contributed by atoms with Gasteiger partial charge in [-0.05, 0) is 63.4 Å². The second-order valence-corrected chi connectivity index (χ2v) is 6.74. The molecule has 3 nitrogen and oxygen atoms in total. The Hall–Kier alpha value is -0.320. The van der Waals surface area contributed by atoms with E-state index in [2.05, 4.69) is 4.90 Å². The van der Waals surface area contributed by atoms with Gasteiger partial charge in [0.05, 0.1) is 16.1 Å². The van der Waals surface area contributed by atoms with Crippen LogP contribution in [-0.4, -0.2) is 35.7 Å². The van der Waals surface area contributed by atoms with E-state index in [1.165, 1.54) is 0 Å². The van der Waals surface area contributed by atoms with E-state index in [0.717, 1.165) is 44.5 Å². The summed E-state index contributed by atoms with van der Waals surface area (Å²) in [5, 5.41) is 10.7. The first-order chi connectivity index (χ1) is 9.99. The zero-order chi connectivity index (χ0) is 15.4. The van der Waals surface area contributed by atoms with E-state index in [0.29, 0.717) is 16.0 Å². The van der Waals surface area contributed by atoms with Crippen LogP contribution >= 0.6 is 23.2 Å². The van der Waals surface area contributed by atoms with Crippen molar-refractivity contribution in [3.05, 3.63) is 33.8 Å². The van der Waals surface area contributed by atoms with Gasteiger partial charge in [0.25, 0.3) is 0 Å². The number of nitrogens with zero attached hydrogens (tertiary/aromatic N) is 1. The number of likely N-dealkylation sites (tertiary alicyclic amines) is 1. The number of hydrogen-bond donors (Lipinski definition) is 2. The van der Waals surface area contributed by atoms with Crippen LogP contribution in [0.5, 0.6) is 0 Å². The normalized spacial score (nSPS) is 20.4. The maximum absolute atomic E-state index is 9.62. The Bertz CT molecular complexity index is 460. The summed E-state index contributed by atoms with van der Waals surface area (Å²) in [7, 11) is 0. The van der Waals surface area contributed by atoms with Gasteiger partial charge >= 0.3 is 0 Å². The molecule has 5 heteroatoms. The molecule has 21 heavy (non-hydrogen) atoms. The SMILES string of the molecule is CC(O)C1CCN(CCC(N)c2cccc(Cl)c2Cl)CC1. The lowest BCUT2D eigenvalue weighted by molar-refractivity contribution is 0.0709. The molecule has 1 fully saturated rings. The van der Waals surface area contributed by atoms with Gasteiger partial charge in [-0.15, -0.1) is 0 Å². The minimum atomic E-state index is -0.195. The lowest BCUT2D eigenvalue weighted by atomic mass is 9.92. The molecule has 1 saturated heterocycles. The number of rotatable bonds is 5. The highest BCUT2D eigenvalue weighted by Gasteiger charge is 2.23. The topological polar surface area (TPSA) is 49.5 Å². The molecular formula is C16H24Cl2N2O. The fourth-order valence-electron chi connectivity index (χ4n) is 2.94. The van der Waals surface area contributed by atoms with Gasteiger partial charge in [-0.3, -0.25) is 0 Å². The summed E-state index contributed by atoms with van der Waals surface area (Å²) in [6.45, 7) is 4.91. The molecule has 0 radical (unpaired) electrons. The maximum Gasteiger partial charge on any atom is 0.0640 e. The first-order valence-corrected chi connectivity index (χ1v) is 8.34. The van der Waals surface area contributed by atoms with Gasteiger partial charge in [0.2, 0.25) is 0 Å². The lowest BCUT2D eigenvalue weighted by Crippen LogP contribution is -2.38. The summed E-state index contributed by atoms with van der Waals surface area (Å²) >= 11 is 12.2. The standard InChI is InChI=1S/C16H24Cl2N2O/c1-11(21)12-5-8-20(9-6-12)10-7-15(19)13-3-2-4-14(17)16(13)18/h2-4,11-12,15,21H,5-10,19H2,1H3. The Morgan fingerprint density at radius 1 is 1.33 bits per heavy atom. The average molecular weight is 331 g/mol. The zero-order valence-electron chi connectivity index (χ0n) is 12.4. The highest BCUT2D eigenvalue weighted by Crippen LogP contribution is 2.30. The summed E-state index contributed by atoms with van der Waals surface area (Å²) in [4.78, 5) is 2.41. The van der Waals surface area contributed by atoms with E-state index in [4.69, 9.17) is 28.9 Å². The Morgan fingerprint density at radius 2 is 2.00 bits per heavy atom. The van der Waals surface area contributed by atoms with Crippen molar-refractivity contribution in [1.82, 2.24) is 4.90 Å². The molecule has 0 aromatic heterocycles. The number of piperidine rings is 1. The second-order valence-electron chi connectivity index (χ2n) is 5.96. The van der Waals surface area contributed by atoms with Crippen molar-refractivity contribution in [3.8, 4) is 0 Å². The van der Waals surface area contributed by atoms with Gasteiger partial charge < -0.3 is 15.7 Å². The van der Waals surface area contributed by atoms with Crippen LogP contribution in [0.4, 0.5) is 0 Å². The van der Waals surface area contributed by atoms with E-state index in [9.17, 15) is 5.11 Å². The monoisotopic (exact) mass is 330 g/mol. The predicted octanol–water partition coefficient (Wildman–Crippen LogP) is 3.48. The van der Waals surface area contributed by atoms with Gasteiger partial charge in [0, 0.05) is 6.04 Å². The molecule has 3 N–H and O–H groups in total. The van der Waals surface area contributed by atoms with Crippen LogP contribution in [0.1, 0.15) is 37.8 Å². The Morgan fingerprint density at radius 3 is 2.62 bits per heavy atom. The molecule has 2 atom stereocenters. The summed E-state index contributed by atoms with van der Waals surface area (Å²) in [5.74, 6) is 0.442. The molecule has 0 amide bonds. The minimum absolute atomic E-state index is 0.0920. The highest BCUT2D eigenvalue weighted by atomic mass is 35.5. The number of benzene rings is 1.